The summed E-state index contributed by atoms with van der Waals surface area (Å²) >= 11 is 0. The molecule has 0 saturated carbocycles. The summed E-state index contributed by atoms with van der Waals surface area (Å²) in [6.07, 6.45) is 4.13. The highest BCUT2D eigenvalue weighted by atomic mass is 127. The van der Waals surface area contributed by atoms with E-state index in [-0.39, 0.29) is 35.9 Å². The standard InChI is InChI=1S/C17H33N3O3.HI/c1-4-7-12-22-13-10-19-17(18-5-2)20-11-8-9-15(14-20)16(21)23-6-3;/h15H,4-14H2,1-3H3,(H,18,19);1H. The minimum absolute atomic E-state index is 0. The van der Waals surface area contributed by atoms with Gasteiger partial charge in [0.1, 0.15) is 0 Å². The summed E-state index contributed by atoms with van der Waals surface area (Å²) in [5, 5.41) is 3.31. The Balaban J connectivity index is 0.00000529. The molecule has 1 aliphatic rings. The molecule has 0 radical (unpaired) electrons. The minimum Gasteiger partial charge on any atom is -0.466 e. The van der Waals surface area contributed by atoms with E-state index in [1.807, 2.05) is 6.92 Å². The topological polar surface area (TPSA) is 63.2 Å². The van der Waals surface area contributed by atoms with E-state index in [0.717, 1.165) is 51.3 Å². The quantitative estimate of drug-likeness (QED) is 0.191. The molecule has 142 valence electrons. The molecule has 24 heavy (non-hydrogen) atoms. The SMILES string of the molecule is CCCCOCCN=C(NCC)N1CCCC(C(=O)OCC)C1.I. The summed E-state index contributed by atoms with van der Waals surface area (Å²) in [5.41, 5.74) is 0. The van der Waals surface area contributed by atoms with Crippen molar-refractivity contribution in [3.05, 3.63) is 0 Å². The number of unbranched alkanes of at least 4 members (excludes halogenated alkanes) is 1. The van der Waals surface area contributed by atoms with Crippen molar-refractivity contribution in [2.24, 2.45) is 10.9 Å². The zero-order valence-electron chi connectivity index (χ0n) is 15.4. The van der Waals surface area contributed by atoms with E-state index in [4.69, 9.17) is 9.47 Å². The smallest absolute Gasteiger partial charge is 0.310 e. The Morgan fingerprint density at radius 3 is 2.75 bits per heavy atom. The second-order valence-electron chi connectivity index (χ2n) is 5.74. The van der Waals surface area contributed by atoms with Crippen molar-refractivity contribution >= 4 is 35.9 Å². The van der Waals surface area contributed by atoms with Gasteiger partial charge in [-0.2, -0.15) is 0 Å². The van der Waals surface area contributed by atoms with Gasteiger partial charge < -0.3 is 19.7 Å². The van der Waals surface area contributed by atoms with Gasteiger partial charge in [-0.1, -0.05) is 13.3 Å². The van der Waals surface area contributed by atoms with Crippen molar-refractivity contribution in [2.75, 3.05) is 46.0 Å². The van der Waals surface area contributed by atoms with E-state index in [9.17, 15) is 4.79 Å². The molecule has 0 spiro atoms. The Morgan fingerprint density at radius 1 is 1.29 bits per heavy atom. The zero-order valence-corrected chi connectivity index (χ0v) is 17.7. The molecule has 1 heterocycles. The second-order valence-corrected chi connectivity index (χ2v) is 5.74. The third-order valence-electron chi connectivity index (χ3n) is 3.82. The van der Waals surface area contributed by atoms with Gasteiger partial charge in [0, 0.05) is 26.2 Å². The Hall–Kier alpha value is -0.570. The van der Waals surface area contributed by atoms with Gasteiger partial charge in [0.25, 0.3) is 0 Å². The summed E-state index contributed by atoms with van der Waals surface area (Å²) in [7, 11) is 0. The van der Waals surface area contributed by atoms with E-state index >= 15 is 0 Å². The highest BCUT2D eigenvalue weighted by Crippen LogP contribution is 2.18. The van der Waals surface area contributed by atoms with Crippen molar-refractivity contribution < 1.29 is 14.3 Å². The molecule has 1 rings (SSSR count). The summed E-state index contributed by atoms with van der Waals surface area (Å²) in [5.74, 6) is 0.741. The summed E-state index contributed by atoms with van der Waals surface area (Å²) in [6, 6.07) is 0. The van der Waals surface area contributed by atoms with E-state index in [1.54, 1.807) is 0 Å². The van der Waals surface area contributed by atoms with Crippen LogP contribution in [0.5, 0.6) is 0 Å². The summed E-state index contributed by atoms with van der Waals surface area (Å²) in [4.78, 5) is 18.8. The van der Waals surface area contributed by atoms with Crippen LogP contribution in [-0.2, 0) is 14.3 Å². The van der Waals surface area contributed by atoms with Crippen LogP contribution in [-0.4, -0.2) is 62.8 Å². The number of halogens is 1. The highest BCUT2D eigenvalue weighted by molar-refractivity contribution is 14.0. The van der Waals surface area contributed by atoms with Crippen LogP contribution in [0.3, 0.4) is 0 Å². The Bertz CT molecular complexity index is 367. The molecule has 1 aliphatic heterocycles. The Kier molecular flexibility index (Phi) is 14.4. The van der Waals surface area contributed by atoms with Crippen LogP contribution >= 0.6 is 24.0 Å². The summed E-state index contributed by atoms with van der Waals surface area (Å²) < 4.78 is 10.7. The maximum absolute atomic E-state index is 12.0. The second kappa shape index (κ2) is 14.7. The molecule has 0 aromatic heterocycles. The lowest BCUT2D eigenvalue weighted by atomic mass is 9.98. The third-order valence-corrected chi connectivity index (χ3v) is 3.82. The van der Waals surface area contributed by atoms with Gasteiger partial charge in [-0.3, -0.25) is 9.79 Å². The van der Waals surface area contributed by atoms with Crippen LogP contribution in [0.4, 0.5) is 0 Å². The zero-order chi connectivity index (χ0) is 16.9. The van der Waals surface area contributed by atoms with Crippen molar-refractivity contribution in [3.63, 3.8) is 0 Å². The number of nitrogens with zero attached hydrogens (tertiary/aromatic N) is 2. The van der Waals surface area contributed by atoms with Crippen molar-refractivity contribution in [1.82, 2.24) is 10.2 Å². The van der Waals surface area contributed by atoms with Crippen LogP contribution < -0.4 is 5.32 Å². The number of piperidine rings is 1. The molecule has 6 nitrogen and oxygen atoms in total. The largest absolute Gasteiger partial charge is 0.466 e. The maximum atomic E-state index is 12.0. The number of guanidine groups is 1. The van der Waals surface area contributed by atoms with E-state index in [2.05, 4.69) is 29.1 Å². The van der Waals surface area contributed by atoms with Gasteiger partial charge in [-0.25, -0.2) is 0 Å². The number of carbonyl (C=O) groups is 1. The lowest BCUT2D eigenvalue weighted by Gasteiger charge is -2.34. The average molecular weight is 455 g/mol. The van der Waals surface area contributed by atoms with E-state index in [0.29, 0.717) is 26.3 Å². The van der Waals surface area contributed by atoms with Gasteiger partial charge in [0.05, 0.1) is 25.7 Å². The third kappa shape index (κ3) is 9.05. The molecule has 1 unspecified atom stereocenters. The Morgan fingerprint density at radius 2 is 2.08 bits per heavy atom. The number of ether oxygens (including phenoxy) is 2. The first-order valence-electron chi connectivity index (χ1n) is 9.00. The van der Waals surface area contributed by atoms with Gasteiger partial charge in [0.15, 0.2) is 5.96 Å². The number of hydrogen-bond acceptors (Lipinski definition) is 4. The molecular formula is C17H34IN3O3. The van der Waals surface area contributed by atoms with Crippen molar-refractivity contribution in [2.45, 2.75) is 46.5 Å². The average Bonchev–Trinajstić information content (AvgIpc) is 2.57. The number of esters is 1. The molecule has 0 aromatic rings. The van der Waals surface area contributed by atoms with Gasteiger partial charge in [0.2, 0.25) is 0 Å². The lowest BCUT2D eigenvalue weighted by Crippen LogP contribution is -2.48. The fraction of sp³-hybridized carbons (Fsp3) is 0.882. The van der Waals surface area contributed by atoms with Gasteiger partial charge in [-0.15, -0.1) is 24.0 Å². The van der Waals surface area contributed by atoms with Crippen LogP contribution in [0.25, 0.3) is 0 Å². The fourth-order valence-electron chi connectivity index (χ4n) is 2.61. The molecule has 0 bridgehead atoms. The molecule has 1 N–H and O–H groups in total. The lowest BCUT2D eigenvalue weighted by molar-refractivity contribution is -0.149. The molecule has 1 atom stereocenters. The predicted molar refractivity (Wildman–Crippen MR) is 108 cm³/mol. The monoisotopic (exact) mass is 455 g/mol. The minimum atomic E-state index is -0.0871. The first kappa shape index (κ1) is 23.4. The van der Waals surface area contributed by atoms with Crippen molar-refractivity contribution in [3.8, 4) is 0 Å². The van der Waals surface area contributed by atoms with E-state index < -0.39 is 0 Å². The normalized spacial score (nSPS) is 18.0. The van der Waals surface area contributed by atoms with Gasteiger partial charge in [-0.05, 0) is 33.1 Å². The van der Waals surface area contributed by atoms with Crippen LogP contribution in [0.15, 0.2) is 4.99 Å². The van der Waals surface area contributed by atoms with Crippen molar-refractivity contribution in [1.29, 1.82) is 0 Å². The Labute approximate surface area is 163 Å². The van der Waals surface area contributed by atoms with Crippen LogP contribution in [0.2, 0.25) is 0 Å². The van der Waals surface area contributed by atoms with Gasteiger partial charge >= 0.3 is 5.97 Å². The number of carbonyl (C=O) groups excluding carboxylic acids is 1. The maximum Gasteiger partial charge on any atom is 0.310 e. The first-order valence-corrected chi connectivity index (χ1v) is 9.00. The molecule has 1 fully saturated rings. The van der Waals surface area contributed by atoms with Crippen LogP contribution in [0.1, 0.15) is 46.5 Å². The molecule has 0 aliphatic carbocycles. The van der Waals surface area contributed by atoms with Crippen LogP contribution in [0, 0.1) is 5.92 Å². The molecule has 7 heteroatoms. The van der Waals surface area contributed by atoms with E-state index in [1.165, 1.54) is 0 Å². The molecular weight excluding hydrogens is 421 g/mol. The number of aliphatic imine (C=N–C) groups is 1. The highest BCUT2D eigenvalue weighted by Gasteiger charge is 2.28. The molecule has 0 amide bonds. The first-order chi connectivity index (χ1) is 11.2. The molecule has 1 saturated heterocycles. The fourth-order valence-corrected chi connectivity index (χ4v) is 2.61. The number of likely N-dealkylation sites (tertiary alicyclic amines) is 1. The summed E-state index contributed by atoms with van der Waals surface area (Å²) in [6.45, 7) is 11.0. The number of nitrogens with one attached hydrogen (secondary N) is 1. The predicted octanol–water partition coefficient (Wildman–Crippen LogP) is 2.66. The number of hydrogen-bond donors (Lipinski definition) is 1. The number of rotatable bonds is 9. The molecule has 0 aromatic carbocycles.